The molecule has 3 aromatic rings. The number of nitrogens with zero attached hydrogens (tertiary/aromatic N) is 2. The topological polar surface area (TPSA) is 92.5 Å². The lowest BCUT2D eigenvalue weighted by atomic mass is 10.1. The van der Waals surface area contributed by atoms with Crippen LogP contribution in [0.1, 0.15) is 5.56 Å². The first-order chi connectivity index (χ1) is 8.70. The first kappa shape index (κ1) is 10.8. The molecule has 0 spiro atoms. The summed E-state index contributed by atoms with van der Waals surface area (Å²) in [5, 5.41) is 5.41. The van der Waals surface area contributed by atoms with E-state index in [9.17, 15) is 4.79 Å². The quantitative estimate of drug-likeness (QED) is 0.619. The van der Waals surface area contributed by atoms with E-state index in [0.717, 1.165) is 22.3 Å². The number of aryl methyl sites for hydroxylation is 1. The molecule has 0 aliphatic carbocycles. The van der Waals surface area contributed by atoms with Gasteiger partial charge in [-0.15, -0.1) is 0 Å². The molecule has 0 unspecified atom stereocenters. The lowest BCUT2D eigenvalue weighted by molar-refractivity contribution is 0.947. The number of nitrogens with one attached hydrogen (secondary N) is 2. The molecule has 1 aromatic carbocycles. The second-order valence-corrected chi connectivity index (χ2v) is 4.20. The van der Waals surface area contributed by atoms with E-state index in [4.69, 9.17) is 5.73 Å². The summed E-state index contributed by atoms with van der Waals surface area (Å²) >= 11 is 0. The first-order valence-corrected chi connectivity index (χ1v) is 5.61. The van der Waals surface area contributed by atoms with Crippen molar-refractivity contribution in [3.05, 3.63) is 40.4 Å². The minimum Gasteiger partial charge on any atom is -0.334 e. The summed E-state index contributed by atoms with van der Waals surface area (Å²) in [4.78, 5) is 15.8. The van der Waals surface area contributed by atoms with Gasteiger partial charge in [0, 0.05) is 19.2 Å². The third-order valence-corrected chi connectivity index (χ3v) is 3.10. The van der Waals surface area contributed by atoms with Crippen molar-refractivity contribution < 1.29 is 0 Å². The van der Waals surface area contributed by atoms with Crippen LogP contribution in [0.3, 0.4) is 0 Å². The third-order valence-electron chi connectivity index (χ3n) is 3.10. The molecule has 2 aromatic heterocycles. The number of benzene rings is 1. The van der Waals surface area contributed by atoms with Crippen LogP contribution in [0.2, 0.25) is 0 Å². The second kappa shape index (κ2) is 3.85. The molecular formula is C12H13N5O. The summed E-state index contributed by atoms with van der Waals surface area (Å²) in [6, 6.07) is 5.86. The van der Waals surface area contributed by atoms with E-state index < -0.39 is 0 Å². The molecule has 92 valence electrons. The molecule has 0 amide bonds. The van der Waals surface area contributed by atoms with Crippen LogP contribution in [0.15, 0.2) is 29.3 Å². The minimum atomic E-state index is -0.173. The van der Waals surface area contributed by atoms with Gasteiger partial charge in [0.25, 0.3) is 5.56 Å². The molecule has 0 radical (unpaired) electrons. The van der Waals surface area contributed by atoms with Crippen LogP contribution in [0, 0.1) is 0 Å². The predicted octanol–water partition coefficient (Wildman–Crippen LogP) is 0.715. The summed E-state index contributed by atoms with van der Waals surface area (Å²) in [5.41, 5.74) is 9.55. The van der Waals surface area contributed by atoms with Gasteiger partial charge in [0.2, 0.25) is 0 Å². The Morgan fingerprint density at radius 3 is 3.00 bits per heavy atom. The van der Waals surface area contributed by atoms with E-state index in [1.165, 1.54) is 0 Å². The lowest BCUT2D eigenvalue weighted by Crippen LogP contribution is -2.10. The van der Waals surface area contributed by atoms with Crippen molar-refractivity contribution in [2.75, 3.05) is 0 Å². The van der Waals surface area contributed by atoms with Crippen molar-refractivity contribution in [1.82, 2.24) is 19.7 Å². The van der Waals surface area contributed by atoms with Gasteiger partial charge in [0.15, 0.2) is 0 Å². The Bertz CT molecular complexity index is 764. The highest BCUT2D eigenvalue weighted by atomic mass is 16.1. The maximum absolute atomic E-state index is 11.5. The van der Waals surface area contributed by atoms with Gasteiger partial charge >= 0.3 is 0 Å². The van der Waals surface area contributed by atoms with Crippen molar-refractivity contribution >= 4 is 11.0 Å². The van der Waals surface area contributed by atoms with E-state index in [0.29, 0.717) is 5.56 Å². The van der Waals surface area contributed by atoms with Gasteiger partial charge in [-0.2, -0.15) is 0 Å². The molecule has 0 saturated carbocycles. The molecule has 0 aliphatic heterocycles. The minimum absolute atomic E-state index is 0.173. The monoisotopic (exact) mass is 243 g/mol. The van der Waals surface area contributed by atoms with E-state index in [1.807, 2.05) is 29.8 Å². The van der Waals surface area contributed by atoms with Crippen LogP contribution in [0.5, 0.6) is 0 Å². The van der Waals surface area contributed by atoms with Crippen molar-refractivity contribution in [2.24, 2.45) is 12.8 Å². The van der Waals surface area contributed by atoms with Crippen LogP contribution in [-0.4, -0.2) is 19.7 Å². The zero-order valence-corrected chi connectivity index (χ0v) is 9.90. The fourth-order valence-electron chi connectivity index (χ4n) is 2.12. The largest absolute Gasteiger partial charge is 0.334 e. The van der Waals surface area contributed by atoms with Gasteiger partial charge in [-0.05, 0) is 12.1 Å². The Kier molecular flexibility index (Phi) is 2.31. The molecule has 0 fully saturated rings. The Hall–Kier alpha value is -2.34. The smallest absolute Gasteiger partial charge is 0.269 e. The maximum atomic E-state index is 11.5. The number of aromatic amines is 2. The number of hydrogen-bond acceptors (Lipinski definition) is 3. The summed E-state index contributed by atoms with van der Waals surface area (Å²) in [6.45, 7) is 0.203. The van der Waals surface area contributed by atoms with Crippen LogP contribution >= 0.6 is 0 Å². The van der Waals surface area contributed by atoms with Crippen LogP contribution in [0.4, 0.5) is 0 Å². The van der Waals surface area contributed by atoms with Gasteiger partial charge in [0.1, 0.15) is 0 Å². The Morgan fingerprint density at radius 1 is 1.39 bits per heavy atom. The Balaban J connectivity index is 2.22. The Labute approximate surface area is 102 Å². The highest BCUT2D eigenvalue weighted by molar-refractivity contribution is 5.81. The first-order valence-electron chi connectivity index (χ1n) is 5.61. The third kappa shape index (κ3) is 1.46. The highest BCUT2D eigenvalue weighted by Gasteiger charge is 2.11. The number of nitrogens with two attached hydrogens (primary N) is 1. The van der Waals surface area contributed by atoms with Crippen molar-refractivity contribution in [1.29, 1.82) is 0 Å². The maximum Gasteiger partial charge on any atom is 0.269 e. The SMILES string of the molecule is Cn1cnc2cc(-c3[nH][nH]c(=O)c3CN)ccc21. The van der Waals surface area contributed by atoms with E-state index in [2.05, 4.69) is 15.2 Å². The molecule has 0 atom stereocenters. The average molecular weight is 243 g/mol. The zero-order chi connectivity index (χ0) is 12.7. The average Bonchev–Trinajstić information content (AvgIpc) is 2.93. The van der Waals surface area contributed by atoms with E-state index in [1.54, 1.807) is 6.33 Å². The molecule has 18 heavy (non-hydrogen) atoms. The number of H-pyrrole nitrogens is 2. The number of aromatic nitrogens is 4. The fraction of sp³-hybridized carbons (Fsp3) is 0.167. The summed E-state index contributed by atoms with van der Waals surface area (Å²) in [5.74, 6) is 0. The fourth-order valence-corrected chi connectivity index (χ4v) is 2.12. The number of hydrogen-bond donors (Lipinski definition) is 3. The van der Waals surface area contributed by atoms with Crippen LogP contribution in [-0.2, 0) is 13.6 Å². The van der Waals surface area contributed by atoms with Gasteiger partial charge in [-0.1, -0.05) is 6.07 Å². The summed E-state index contributed by atoms with van der Waals surface area (Å²) < 4.78 is 1.95. The number of fused-ring (bicyclic) bond motifs is 1. The normalized spacial score (nSPS) is 11.2. The van der Waals surface area contributed by atoms with Crippen molar-refractivity contribution in [2.45, 2.75) is 6.54 Å². The number of imidazole rings is 1. The van der Waals surface area contributed by atoms with Crippen LogP contribution < -0.4 is 11.3 Å². The van der Waals surface area contributed by atoms with Gasteiger partial charge in [-0.3, -0.25) is 15.0 Å². The molecule has 2 heterocycles. The summed E-state index contributed by atoms with van der Waals surface area (Å²) in [6.07, 6.45) is 1.76. The molecule has 6 heteroatoms. The highest BCUT2D eigenvalue weighted by Crippen LogP contribution is 2.23. The zero-order valence-electron chi connectivity index (χ0n) is 9.90. The molecule has 6 nitrogen and oxygen atoms in total. The number of rotatable bonds is 2. The van der Waals surface area contributed by atoms with Gasteiger partial charge < -0.3 is 10.3 Å². The molecule has 0 aliphatic rings. The van der Waals surface area contributed by atoms with E-state index in [-0.39, 0.29) is 12.1 Å². The Morgan fingerprint density at radius 2 is 2.22 bits per heavy atom. The van der Waals surface area contributed by atoms with E-state index >= 15 is 0 Å². The summed E-state index contributed by atoms with van der Waals surface area (Å²) in [7, 11) is 1.94. The standard InChI is InChI=1S/C12H13N5O/c1-17-6-14-9-4-7(2-3-10(9)17)11-8(5-13)12(18)16-15-11/h2-4,6H,5,13H2,1H3,(H2,15,16,18). The molecule has 0 saturated heterocycles. The molecule has 3 rings (SSSR count). The van der Waals surface area contributed by atoms with Gasteiger partial charge in [-0.25, -0.2) is 4.98 Å². The van der Waals surface area contributed by atoms with Crippen molar-refractivity contribution in [3.63, 3.8) is 0 Å². The predicted molar refractivity (Wildman–Crippen MR) is 69.0 cm³/mol. The molecular weight excluding hydrogens is 230 g/mol. The molecule has 4 N–H and O–H groups in total. The van der Waals surface area contributed by atoms with Gasteiger partial charge in [0.05, 0.1) is 28.6 Å². The van der Waals surface area contributed by atoms with Crippen LogP contribution in [0.25, 0.3) is 22.3 Å². The van der Waals surface area contributed by atoms with Crippen molar-refractivity contribution in [3.8, 4) is 11.3 Å². The molecule has 0 bridgehead atoms. The lowest BCUT2D eigenvalue weighted by Gasteiger charge is -2.01. The second-order valence-electron chi connectivity index (χ2n) is 4.20.